The predicted molar refractivity (Wildman–Crippen MR) is 116 cm³/mol. The maximum atomic E-state index is 13.3. The molecule has 1 aromatic carbocycles. The van der Waals surface area contributed by atoms with Crippen molar-refractivity contribution in [2.75, 3.05) is 7.11 Å². The Bertz CT molecular complexity index is 964. The Morgan fingerprint density at radius 3 is 2.47 bits per heavy atom. The second kappa shape index (κ2) is 10.1. The number of nitrogens with one attached hydrogen (secondary N) is 1. The summed E-state index contributed by atoms with van der Waals surface area (Å²) in [4.78, 5) is 29.1. The fourth-order valence-corrected chi connectivity index (χ4v) is 4.12. The third-order valence-corrected chi connectivity index (χ3v) is 5.68. The minimum absolute atomic E-state index is 0.0629. The Morgan fingerprint density at radius 1 is 1.13 bits per heavy atom. The van der Waals surface area contributed by atoms with E-state index in [0.717, 1.165) is 22.0 Å². The minimum Gasteiger partial charge on any atom is -0.497 e. The van der Waals surface area contributed by atoms with E-state index in [0.29, 0.717) is 13.1 Å². The van der Waals surface area contributed by atoms with Gasteiger partial charge in [0.1, 0.15) is 11.5 Å². The summed E-state index contributed by atoms with van der Waals surface area (Å²) >= 11 is 1.67. The van der Waals surface area contributed by atoms with Crippen LogP contribution in [0.2, 0.25) is 0 Å². The average molecular weight is 427 g/mol. The Kier molecular flexibility index (Phi) is 7.30. The normalized spacial score (nSPS) is 11.7. The molecule has 0 aliphatic heterocycles. The molecule has 3 rings (SSSR count). The van der Waals surface area contributed by atoms with Crippen LogP contribution in [0.4, 0.5) is 0 Å². The van der Waals surface area contributed by atoms with Gasteiger partial charge in [-0.25, -0.2) is 0 Å². The summed E-state index contributed by atoms with van der Waals surface area (Å²) < 4.78 is 10.7. The monoisotopic (exact) mass is 426 g/mol. The Labute approximate surface area is 180 Å². The van der Waals surface area contributed by atoms with Crippen LogP contribution in [-0.4, -0.2) is 23.8 Å². The lowest BCUT2D eigenvalue weighted by atomic mass is 10.0. The lowest BCUT2D eigenvalue weighted by Crippen LogP contribution is -2.35. The molecule has 30 heavy (non-hydrogen) atoms. The van der Waals surface area contributed by atoms with E-state index >= 15 is 0 Å². The smallest absolute Gasteiger partial charge is 0.225 e. The molecule has 2 aromatic heterocycles. The van der Waals surface area contributed by atoms with Crippen molar-refractivity contribution in [3.05, 3.63) is 75.9 Å². The van der Waals surface area contributed by atoms with Gasteiger partial charge in [0.25, 0.3) is 0 Å². The molecule has 0 saturated carbocycles. The van der Waals surface area contributed by atoms with E-state index in [4.69, 9.17) is 9.15 Å². The van der Waals surface area contributed by atoms with Crippen LogP contribution in [0.3, 0.4) is 0 Å². The molecule has 0 aliphatic carbocycles. The number of rotatable bonds is 9. The Balaban J connectivity index is 1.79. The maximum absolute atomic E-state index is 13.3. The zero-order chi connectivity index (χ0) is 21.5. The molecule has 2 amide bonds. The number of nitrogens with zero attached hydrogens (tertiary/aromatic N) is 1. The van der Waals surface area contributed by atoms with E-state index in [2.05, 4.69) is 5.32 Å². The number of methoxy groups -OCH3 is 1. The number of hydrogen-bond acceptors (Lipinski definition) is 5. The minimum atomic E-state index is -0.426. The van der Waals surface area contributed by atoms with Crippen molar-refractivity contribution in [1.29, 1.82) is 0 Å². The van der Waals surface area contributed by atoms with Crippen LogP contribution in [0, 0.1) is 6.92 Å². The van der Waals surface area contributed by atoms with E-state index < -0.39 is 6.04 Å². The average Bonchev–Trinajstić information content (AvgIpc) is 3.38. The van der Waals surface area contributed by atoms with Gasteiger partial charge in [-0.3, -0.25) is 9.59 Å². The summed E-state index contributed by atoms with van der Waals surface area (Å²) in [6, 6.07) is 14.7. The van der Waals surface area contributed by atoms with Crippen LogP contribution < -0.4 is 10.1 Å². The van der Waals surface area contributed by atoms with Crippen molar-refractivity contribution in [1.82, 2.24) is 10.2 Å². The molecule has 0 aliphatic rings. The van der Waals surface area contributed by atoms with E-state index in [1.165, 1.54) is 11.8 Å². The summed E-state index contributed by atoms with van der Waals surface area (Å²) in [7, 11) is 1.60. The van der Waals surface area contributed by atoms with Crippen molar-refractivity contribution in [2.24, 2.45) is 0 Å². The van der Waals surface area contributed by atoms with Crippen molar-refractivity contribution in [2.45, 2.75) is 39.4 Å². The van der Waals surface area contributed by atoms with Crippen LogP contribution in [0.1, 0.15) is 40.5 Å². The van der Waals surface area contributed by atoms with Gasteiger partial charge >= 0.3 is 0 Å². The first kappa shape index (κ1) is 21.6. The van der Waals surface area contributed by atoms with Crippen LogP contribution in [0.5, 0.6) is 5.75 Å². The highest BCUT2D eigenvalue weighted by Crippen LogP contribution is 2.24. The Hall–Kier alpha value is -3.06. The fraction of sp³-hybridized carbons (Fsp3) is 0.304. The number of amides is 2. The molecule has 7 heteroatoms. The van der Waals surface area contributed by atoms with Crippen molar-refractivity contribution >= 4 is 23.2 Å². The van der Waals surface area contributed by atoms with Gasteiger partial charge in [0.2, 0.25) is 11.8 Å². The Morgan fingerprint density at radius 2 is 1.90 bits per heavy atom. The first-order valence-corrected chi connectivity index (χ1v) is 10.5. The molecule has 0 radical (unpaired) electrons. The summed E-state index contributed by atoms with van der Waals surface area (Å²) in [6.07, 6.45) is 1.75. The first-order chi connectivity index (χ1) is 14.4. The van der Waals surface area contributed by atoms with E-state index in [-0.39, 0.29) is 18.2 Å². The standard InChI is InChI=1S/C23H26N2O4S/c1-16-6-11-21(30-16)15-25(14-20-5-4-12-29-20)23(27)13-22(24-17(2)26)18-7-9-19(28-3)10-8-18/h4-12,22H,13-15H2,1-3H3,(H,24,26). The molecule has 6 nitrogen and oxygen atoms in total. The molecule has 1 N–H and O–H groups in total. The largest absolute Gasteiger partial charge is 0.497 e. The van der Waals surface area contributed by atoms with Gasteiger partial charge in [0.15, 0.2) is 0 Å². The lowest BCUT2D eigenvalue weighted by molar-refractivity contribution is -0.133. The van der Waals surface area contributed by atoms with Gasteiger partial charge < -0.3 is 19.4 Å². The molecule has 0 saturated heterocycles. The number of benzene rings is 1. The molecule has 1 unspecified atom stereocenters. The SMILES string of the molecule is COc1ccc(C(CC(=O)N(Cc2ccco2)Cc2ccc(C)s2)NC(C)=O)cc1. The second-order valence-electron chi connectivity index (χ2n) is 7.07. The number of hydrogen-bond donors (Lipinski definition) is 1. The fourth-order valence-electron chi connectivity index (χ4n) is 3.22. The van der Waals surface area contributed by atoms with E-state index in [1.807, 2.05) is 55.5 Å². The molecular formula is C23H26N2O4S. The highest BCUT2D eigenvalue weighted by atomic mass is 32.1. The molecule has 158 valence electrons. The molecule has 0 spiro atoms. The summed E-state index contributed by atoms with van der Waals surface area (Å²) in [5.74, 6) is 1.19. The zero-order valence-electron chi connectivity index (χ0n) is 17.4. The topological polar surface area (TPSA) is 71.8 Å². The third-order valence-electron chi connectivity index (χ3n) is 4.70. The summed E-state index contributed by atoms with van der Waals surface area (Å²) in [6.45, 7) is 4.37. The number of thiophene rings is 1. The van der Waals surface area contributed by atoms with Crippen LogP contribution in [0.25, 0.3) is 0 Å². The van der Waals surface area contributed by atoms with Gasteiger partial charge in [-0.05, 0) is 48.9 Å². The van der Waals surface area contributed by atoms with E-state index in [9.17, 15) is 9.59 Å². The number of ether oxygens (including phenoxy) is 1. The highest BCUT2D eigenvalue weighted by Gasteiger charge is 2.23. The number of furan rings is 1. The molecule has 1 atom stereocenters. The zero-order valence-corrected chi connectivity index (χ0v) is 18.2. The van der Waals surface area contributed by atoms with Crippen LogP contribution in [0.15, 0.2) is 59.2 Å². The summed E-state index contributed by atoms with van der Waals surface area (Å²) in [5.41, 5.74) is 0.851. The number of carbonyl (C=O) groups excluding carboxylic acids is 2. The number of aryl methyl sites for hydroxylation is 1. The van der Waals surface area contributed by atoms with Gasteiger partial charge in [-0.1, -0.05) is 12.1 Å². The van der Waals surface area contributed by atoms with Gasteiger partial charge in [0, 0.05) is 16.7 Å². The quantitative estimate of drug-likeness (QED) is 0.549. The van der Waals surface area contributed by atoms with Crippen LogP contribution >= 0.6 is 11.3 Å². The molecular weight excluding hydrogens is 400 g/mol. The lowest BCUT2D eigenvalue weighted by Gasteiger charge is -2.25. The van der Waals surface area contributed by atoms with E-state index in [1.54, 1.807) is 29.6 Å². The third kappa shape index (κ3) is 5.97. The van der Waals surface area contributed by atoms with Gasteiger partial charge in [-0.15, -0.1) is 11.3 Å². The van der Waals surface area contributed by atoms with Crippen molar-refractivity contribution in [3.63, 3.8) is 0 Å². The molecule has 0 fully saturated rings. The molecule has 3 aromatic rings. The first-order valence-electron chi connectivity index (χ1n) is 9.71. The molecule has 2 heterocycles. The van der Waals surface area contributed by atoms with Gasteiger partial charge in [0.05, 0.1) is 38.9 Å². The van der Waals surface area contributed by atoms with Crippen molar-refractivity contribution in [3.8, 4) is 5.75 Å². The maximum Gasteiger partial charge on any atom is 0.225 e. The van der Waals surface area contributed by atoms with Crippen LogP contribution in [-0.2, 0) is 22.7 Å². The second-order valence-corrected chi connectivity index (χ2v) is 8.44. The molecule has 0 bridgehead atoms. The number of carbonyl (C=O) groups is 2. The highest BCUT2D eigenvalue weighted by molar-refractivity contribution is 7.11. The van der Waals surface area contributed by atoms with Crippen molar-refractivity contribution < 1.29 is 18.7 Å². The summed E-state index contributed by atoms with van der Waals surface area (Å²) in [5, 5.41) is 2.90. The van der Waals surface area contributed by atoms with Gasteiger partial charge in [-0.2, -0.15) is 0 Å². The predicted octanol–water partition coefficient (Wildman–Crippen LogP) is 4.45.